The highest BCUT2D eigenvalue weighted by Crippen LogP contribution is 2.51. The second-order valence-corrected chi connectivity index (χ2v) is 4.75. The number of nitrogens with zero attached hydrogens (tertiary/aromatic N) is 3. The maximum Gasteiger partial charge on any atom is 0.0314 e. The van der Waals surface area contributed by atoms with E-state index in [4.69, 9.17) is 11.3 Å². The van der Waals surface area contributed by atoms with E-state index in [1.807, 2.05) is 0 Å². The van der Waals surface area contributed by atoms with Crippen LogP contribution in [0.15, 0.2) is 5.11 Å². The highest BCUT2D eigenvalue weighted by atomic mass is 35.5. The summed E-state index contributed by atoms with van der Waals surface area (Å²) in [6, 6.07) is 0. The Kier molecular flexibility index (Phi) is 3.30. The second-order valence-electron chi connectivity index (χ2n) is 4.75. The van der Waals surface area contributed by atoms with Gasteiger partial charge in [-0.1, -0.05) is 5.11 Å². The molecule has 0 amide bonds. The Morgan fingerprint density at radius 1 is 1.14 bits per heavy atom. The quantitative estimate of drug-likeness (QED) is 0.430. The lowest BCUT2D eigenvalue weighted by Crippen LogP contribution is -2.52. The lowest BCUT2D eigenvalue weighted by Gasteiger charge is -2.51. The van der Waals surface area contributed by atoms with E-state index in [0.717, 1.165) is 38.5 Å². The van der Waals surface area contributed by atoms with E-state index in [9.17, 15) is 0 Å². The van der Waals surface area contributed by atoms with E-state index in [-0.39, 0.29) is 17.9 Å². The van der Waals surface area contributed by atoms with Gasteiger partial charge in [-0.05, 0) is 49.5 Å². The predicted octanol–water partition coefficient (Wildman–Crippen LogP) is 2.77. The molecule has 0 aromatic heterocycles. The summed E-state index contributed by atoms with van der Waals surface area (Å²) in [6.45, 7) is 0.680. The van der Waals surface area contributed by atoms with Gasteiger partial charge in [0.2, 0.25) is 0 Å². The van der Waals surface area contributed by atoms with Crippen LogP contribution in [-0.2, 0) is 0 Å². The normalized spacial score (nSPS) is 39.8. The molecule has 0 spiro atoms. The molecule has 4 nitrogen and oxygen atoms in total. The zero-order valence-electron chi connectivity index (χ0n) is 8.28. The van der Waals surface area contributed by atoms with Crippen LogP contribution in [0.2, 0.25) is 0 Å². The third kappa shape index (κ3) is 1.97. The number of fused-ring (bicyclic) bond motifs is 3. The number of halogens is 1. The molecule has 3 fully saturated rings. The average molecular weight is 217 g/mol. The molecule has 0 saturated heterocycles. The number of azide groups is 1. The maximum atomic E-state index is 8.30. The standard InChI is InChI=1S/C9H16N4.ClH/c10-9-4-1-8(2-5-9,3-6-9)7-12-13-11;/h1-7,10H2;1H. The van der Waals surface area contributed by atoms with E-state index >= 15 is 0 Å². The van der Waals surface area contributed by atoms with Gasteiger partial charge in [0.25, 0.3) is 0 Å². The van der Waals surface area contributed by atoms with Gasteiger partial charge in [-0.3, -0.25) is 0 Å². The number of nitrogens with two attached hydrogens (primary N) is 1. The van der Waals surface area contributed by atoms with Gasteiger partial charge in [-0.2, -0.15) is 0 Å². The van der Waals surface area contributed by atoms with Crippen molar-refractivity contribution in [3.05, 3.63) is 10.4 Å². The van der Waals surface area contributed by atoms with Crippen LogP contribution in [-0.4, -0.2) is 12.1 Å². The van der Waals surface area contributed by atoms with Crippen molar-refractivity contribution in [3.8, 4) is 0 Å². The molecule has 80 valence electrons. The van der Waals surface area contributed by atoms with Crippen molar-refractivity contribution in [2.75, 3.05) is 6.54 Å². The molecular formula is C9H17ClN4. The molecule has 3 saturated carbocycles. The fourth-order valence-corrected chi connectivity index (χ4v) is 2.71. The summed E-state index contributed by atoms with van der Waals surface area (Å²) in [7, 11) is 0. The van der Waals surface area contributed by atoms with Crippen LogP contribution in [0, 0.1) is 5.41 Å². The first-order valence-corrected chi connectivity index (χ1v) is 4.98. The summed E-state index contributed by atoms with van der Waals surface area (Å²) in [5.41, 5.74) is 14.9. The van der Waals surface area contributed by atoms with Gasteiger partial charge in [0.05, 0.1) is 0 Å². The highest BCUT2D eigenvalue weighted by Gasteiger charge is 2.45. The molecule has 0 aliphatic heterocycles. The van der Waals surface area contributed by atoms with Gasteiger partial charge in [-0.25, -0.2) is 0 Å². The van der Waals surface area contributed by atoms with Gasteiger partial charge in [0.15, 0.2) is 0 Å². The van der Waals surface area contributed by atoms with Crippen molar-refractivity contribution in [1.29, 1.82) is 0 Å². The van der Waals surface area contributed by atoms with Crippen LogP contribution >= 0.6 is 12.4 Å². The summed E-state index contributed by atoms with van der Waals surface area (Å²) in [4.78, 5) is 2.85. The molecule has 5 heteroatoms. The largest absolute Gasteiger partial charge is 0.325 e. The van der Waals surface area contributed by atoms with Crippen LogP contribution in [0.3, 0.4) is 0 Å². The Bertz CT molecular complexity index is 235. The molecular weight excluding hydrogens is 200 g/mol. The van der Waals surface area contributed by atoms with Crippen molar-refractivity contribution in [1.82, 2.24) is 0 Å². The summed E-state index contributed by atoms with van der Waals surface area (Å²) >= 11 is 0. The third-order valence-electron chi connectivity index (χ3n) is 3.93. The van der Waals surface area contributed by atoms with Gasteiger partial charge >= 0.3 is 0 Å². The van der Waals surface area contributed by atoms with Crippen LogP contribution < -0.4 is 5.73 Å². The zero-order chi connectivity index (χ0) is 9.36. The smallest absolute Gasteiger partial charge is 0.0314 e. The van der Waals surface area contributed by atoms with Gasteiger partial charge in [0, 0.05) is 17.0 Å². The minimum atomic E-state index is 0. The van der Waals surface area contributed by atoms with E-state index in [1.165, 1.54) is 0 Å². The zero-order valence-corrected chi connectivity index (χ0v) is 9.09. The first-order valence-electron chi connectivity index (χ1n) is 4.98. The molecule has 0 aromatic rings. The molecule has 0 radical (unpaired) electrons. The molecule has 3 aliphatic rings. The summed E-state index contributed by atoms with van der Waals surface area (Å²) in [5, 5.41) is 3.73. The minimum Gasteiger partial charge on any atom is -0.325 e. The number of hydrogen-bond acceptors (Lipinski definition) is 2. The van der Waals surface area contributed by atoms with Crippen LogP contribution in [0.5, 0.6) is 0 Å². The second kappa shape index (κ2) is 3.97. The van der Waals surface area contributed by atoms with E-state index in [2.05, 4.69) is 10.0 Å². The number of hydrogen-bond donors (Lipinski definition) is 1. The lowest BCUT2D eigenvalue weighted by molar-refractivity contribution is 0.0522. The van der Waals surface area contributed by atoms with Crippen molar-refractivity contribution >= 4 is 12.4 Å². The molecule has 0 atom stereocenters. The average Bonchev–Trinajstić information content (AvgIpc) is 2.18. The SMILES string of the molecule is Cl.[N-]=[N+]=NCC12CCC(N)(CC1)CC2. The molecule has 0 heterocycles. The Morgan fingerprint density at radius 3 is 2.07 bits per heavy atom. The molecule has 0 unspecified atom stereocenters. The van der Waals surface area contributed by atoms with Crippen molar-refractivity contribution in [2.45, 2.75) is 44.1 Å². The fourth-order valence-electron chi connectivity index (χ4n) is 2.71. The Hall–Kier alpha value is -0.440. The molecule has 2 N–H and O–H groups in total. The first kappa shape index (κ1) is 11.6. The monoisotopic (exact) mass is 216 g/mol. The molecule has 0 aromatic carbocycles. The summed E-state index contributed by atoms with van der Waals surface area (Å²) in [5.74, 6) is 0. The van der Waals surface area contributed by atoms with Crippen molar-refractivity contribution < 1.29 is 0 Å². The Morgan fingerprint density at radius 2 is 1.64 bits per heavy atom. The molecule has 3 rings (SSSR count). The Balaban J connectivity index is 0.000000980. The van der Waals surface area contributed by atoms with Crippen molar-refractivity contribution in [3.63, 3.8) is 0 Å². The van der Waals surface area contributed by atoms with Gasteiger partial charge in [0.1, 0.15) is 0 Å². The fraction of sp³-hybridized carbons (Fsp3) is 1.00. The van der Waals surface area contributed by atoms with Gasteiger partial charge < -0.3 is 5.73 Å². The minimum absolute atomic E-state index is 0. The predicted molar refractivity (Wildman–Crippen MR) is 58.3 cm³/mol. The van der Waals surface area contributed by atoms with E-state index < -0.39 is 0 Å². The van der Waals surface area contributed by atoms with Crippen LogP contribution in [0.4, 0.5) is 0 Å². The number of rotatable bonds is 2. The van der Waals surface area contributed by atoms with Crippen LogP contribution in [0.1, 0.15) is 38.5 Å². The third-order valence-corrected chi connectivity index (χ3v) is 3.93. The maximum absolute atomic E-state index is 8.30. The molecule has 2 bridgehead atoms. The molecule has 14 heavy (non-hydrogen) atoms. The van der Waals surface area contributed by atoms with E-state index in [1.54, 1.807) is 0 Å². The molecule has 3 aliphatic carbocycles. The van der Waals surface area contributed by atoms with Gasteiger partial charge in [-0.15, -0.1) is 12.4 Å². The van der Waals surface area contributed by atoms with E-state index in [0.29, 0.717) is 12.0 Å². The summed E-state index contributed by atoms with van der Waals surface area (Å²) < 4.78 is 0. The summed E-state index contributed by atoms with van der Waals surface area (Å²) in [6.07, 6.45) is 6.82. The topological polar surface area (TPSA) is 74.8 Å². The van der Waals surface area contributed by atoms with Crippen LogP contribution in [0.25, 0.3) is 10.4 Å². The lowest BCUT2D eigenvalue weighted by atomic mass is 9.58. The Labute approximate surface area is 90.3 Å². The first-order chi connectivity index (χ1) is 6.18. The highest BCUT2D eigenvalue weighted by molar-refractivity contribution is 5.85. The van der Waals surface area contributed by atoms with Crippen molar-refractivity contribution in [2.24, 2.45) is 16.3 Å².